The molecule has 0 aliphatic carbocycles. The Morgan fingerprint density at radius 2 is 1.78 bits per heavy atom. The lowest BCUT2D eigenvalue weighted by molar-refractivity contribution is -0.137. The van der Waals surface area contributed by atoms with Gasteiger partial charge in [-0.3, -0.25) is 4.79 Å². The summed E-state index contributed by atoms with van der Waals surface area (Å²) in [7, 11) is 0. The molecule has 0 spiro atoms. The minimum atomic E-state index is -4.52. The molecule has 0 unspecified atom stereocenters. The zero-order valence-electron chi connectivity index (χ0n) is 14.2. The Morgan fingerprint density at radius 3 is 2.37 bits per heavy atom. The molecule has 1 saturated heterocycles. The molecule has 5 nitrogen and oxygen atoms in total. The Morgan fingerprint density at radius 1 is 1.11 bits per heavy atom. The van der Waals surface area contributed by atoms with Gasteiger partial charge in [-0.2, -0.15) is 18.4 Å². The molecule has 0 saturated carbocycles. The predicted molar refractivity (Wildman–Crippen MR) is 93.6 cm³/mol. The minimum Gasteiger partial charge on any atom is -0.378 e. The van der Waals surface area contributed by atoms with E-state index in [4.69, 9.17) is 10.00 Å². The highest BCUT2D eigenvalue weighted by molar-refractivity contribution is 6.06. The van der Waals surface area contributed by atoms with Gasteiger partial charge >= 0.3 is 6.18 Å². The maximum absolute atomic E-state index is 13.1. The number of hydrogen-bond acceptors (Lipinski definition) is 4. The molecule has 1 N–H and O–H groups in total. The van der Waals surface area contributed by atoms with Gasteiger partial charge in [0, 0.05) is 18.7 Å². The summed E-state index contributed by atoms with van der Waals surface area (Å²) in [5, 5.41) is 11.4. The number of benzene rings is 2. The Labute approximate surface area is 154 Å². The van der Waals surface area contributed by atoms with Crippen LogP contribution in [0.25, 0.3) is 0 Å². The van der Waals surface area contributed by atoms with Gasteiger partial charge in [-0.25, -0.2) is 0 Å². The zero-order chi connectivity index (χ0) is 19.4. The summed E-state index contributed by atoms with van der Waals surface area (Å²) >= 11 is 0. The van der Waals surface area contributed by atoms with Gasteiger partial charge in [0.25, 0.3) is 5.91 Å². The fraction of sp³-hybridized carbons (Fsp3) is 0.263. The number of ether oxygens (including phenoxy) is 1. The molecule has 27 heavy (non-hydrogen) atoms. The number of nitrogens with one attached hydrogen (secondary N) is 1. The van der Waals surface area contributed by atoms with Gasteiger partial charge in [0.1, 0.15) is 0 Å². The molecule has 1 aliphatic heterocycles. The molecule has 1 heterocycles. The van der Waals surface area contributed by atoms with Crippen LogP contribution >= 0.6 is 0 Å². The van der Waals surface area contributed by atoms with Crippen LogP contribution in [0, 0.1) is 11.3 Å². The molecule has 0 radical (unpaired) electrons. The maximum Gasteiger partial charge on any atom is 0.416 e. The van der Waals surface area contributed by atoms with Crippen molar-refractivity contribution >= 4 is 17.3 Å². The molecule has 0 atom stereocenters. The molecule has 0 aromatic heterocycles. The average Bonchev–Trinajstić information content (AvgIpc) is 2.68. The molecule has 2 aromatic rings. The van der Waals surface area contributed by atoms with Crippen molar-refractivity contribution in [2.24, 2.45) is 0 Å². The van der Waals surface area contributed by atoms with Gasteiger partial charge in [0.15, 0.2) is 0 Å². The number of carbonyl (C=O) groups excluding carboxylic acids is 1. The minimum absolute atomic E-state index is 0.0843. The summed E-state index contributed by atoms with van der Waals surface area (Å²) in [5.74, 6) is -0.548. The number of halogens is 3. The highest BCUT2D eigenvalue weighted by Gasteiger charge is 2.32. The molecule has 1 fully saturated rings. The first-order valence-electron chi connectivity index (χ1n) is 8.24. The topological polar surface area (TPSA) is 65.4 Å². The lowest BCUT2D eigenvalue weighted by Gasteiger charge is -2.31. The van der Waals surface area contributed by atoms with Gasteiger partial charge in [-0.1, -0.05) is 0 Å². The normalized spacial score (nSPS) is 14.5. The van der Waals surface area contributed by atoms with Crippen molar-refractivity contribution in [3.8, 4) is 6.07 Å². The largest absolute Gasteiger partial charge is 0.416 e. The van der Waals surface area contributed by atoms with Gasteiger partial charge < -0.3 is 15.0 Å². The quantitative estimate of drug-likeness (QED) is 0.889. The third kappa shape index (κ3) is 4.38. The first-order chi connectivity index (χ1) is 12.9. The second kappa shape index (κ2) is 7.68. The van der Waals surface area contributed by atoms with Crippen molar-refractivity contribution in [2.75, 3.05) is 36.5 Å². The second-order valence-electron chi connectivity index (χ2n) is 5.97. The second-order valence-corrected chi connectivity index (χ2v) is 5.97. The summed E-state index contributed by atoms with van der Waals surface area (Å²) in [5.41, 5.74) is 0.392. The molecule has 3 rings (SSSR count). The van der Waals surface area contributed by atoms with Crippen LogP contribution in [-0.2, 0) is 10.9 Å². The van der Waals surface area contributed by atoms with Crippen molar-refractivity contribution in [1.29, 1.82) is 5.26 Å². The van der Waals surface area contributed by atoms with Crippen molar-refractivity contribution in [3.63, 3.8) is 0 Å². The summed E-state index contributed by atoms with van der Waals surface area (Å²) < 4.78 is 44.6. The van der Waals surface area contributed by atoms with E-state index in [-0.39, 0.29) is 11.3 Å². The van der Waals surface area contributed by atoms with E-state index >= 15 is 0 Å². The number of anilines is 2. The summed E-state index contributed by atoms with van der Waals surface area (Å²) in [4.78, 5) is 14.4. The first-order valence-corrected chi connectivity index (χ1v) is 8.24. The molecule has 140 valence electrons. The monoisotopic (exact) mass is 375 g/mol. The molecule has 1 aliphatic rings. The van der Waals surface area contributed by atoms with Gasteiger partial charge in [0.05, 0.1) is 41.8 Å². The number of morpholine rings is 1. The van der Waals surface area contributed by atoms with Crippen LogP contribution in [0.4, 0.5) is 24.5 Å². The number of alkyl halides is 3. The first kappa shape index (κ1) is 18.7. The van der Waals surface area contributed by atoms with E-state index in [9.17, 15) is 18.0 Å². The van der Waals surface area contributed by atoms with Crippen LogP contribution in [0.2, 0.25) is 0 Å². The van der Waals surface area contributed by atoms with Gasteiger partial charge in [-0.15, -0.1) is 0 Å². The van der Waals surface area contributed by atoms with E-state index in [0.29, 0.717) is 37.6 Å². The van der Waals surface area contributed by atoms with E-state index in [1.165, 1.54) is 30.3 Å². The van der Waals surface area contributed by atoms with Crippen LogP contribution in [0.1, 0.15) is 21.5 Å². The molecule has 8 heteroatoms. The molecule has 2 aromatic carbocycles. The third-order valence-electron chi connectivity index (χ3n) is 4.20. The van der Waals surface area contributed by atoms with Crippen LogP contribution in [0.15, 0.2) is 42.5 Å². The smallest absolute Gasteiger partial charge is 0.378 e. The fourth-order valence-electron chi connectivity index (χ4n) is 2.78. The SMILES string of the molecule is N#Cc1ccc(C(=O)Nc2cc(C(F)(F)F)ccc2N2CCOCC2)cc1. The number of carbonyl (C=O) groups is 1. The van der Waals surface area contributed by atoms with Gasteiger partial charge in [0.2, 0.25) is 0 Å². The Bertz CT molecular complexity index is 867. The molecular weight excluding hydrogens is 359 g/mol. The summed E-state index contributed by atoms with van der Waals surface area (Å²) in [6.45, 7) is 1.96. The molecule has 0 bridgehead atoms. The number of hydrogen-bond donors (Lipinski definition) is 1. The van der Waals surface area contributed by atoms with Crippen molar-refractivity contribution in [3.05, 3.63) is 59.2 Å². The van der Waals surface area contributed by atoms with E-state index in [1.54, 1.807) is 0 Å². The highest BCUT2D eigenvalue weighted by atomic mass is 19.4. The molecular formula is C19H16F3N3O2. The van der Waals surface area contributed by atoms with Crippen LogP contribution < -0.4 is 10.2 Å². The third-order valence-corrected chi connectivity index (χ3v) is 4.20. The Hall–Kier alpha value is -3.05. The number of nitriles is 1. The summed E-state index contributed by atoms with van der Waals surface area (Å²) in [6, 6.07) is 11.1. The van der Waals surface area contributed by atoms with Crippen LogP contribution in [0.5, 0.6) is 0 Å². The number of rotatable bonds is 3. The summed E-state index contributed by atoms with van der Waals surface area (Å²) in [6.07, 6.45) is -4.52. The standard InChI is InChI=1S/C19H16F3N3O2/c20-19(21,22)15-5-6-17(25-7-9-27-10-8-25)16(11-15)24-18(26)14-3-1-13(12-23)2-4-14/h1-6,11H,7-10H2,(H,24,26). The molecule has 1 amide bonds. The number of amides is 1. The fourth-order valence-corrected chi connectivity index (χ4v) is 2.78. The average molecular weight is 375 g/mol. The van der Waals surface area contributed by atoms with E-state index in [1.807, 2.05) is 11.0 Å². The van der Waals surface area contributed by atoms with Crippen molar-refractivity contribution in [2.45, 2.75) is 6.18 Å². The van der Waals surface area contributed by atoms with E-state index in [0.717, 1.165) is 12.1 Å². The number of nitrogens with zero attached hydrogens (tertiary/aromatic N) is 2. The van der Waals surface area contributed by atoms with Crippen molar-refractivity contribution in [1.82, 2.24) is 0 Å². The maximum atomic E-state index is 13.1. The highest BCUT2D eigenvalue weighted by Crippen LogP contribution is 2.36. The lowest BCUT2D eigenvalue weighted by atomic mass is 10.1. The Kier molecular flexibility index (Phi) is 5.33. The lowest BCUT2D eigenvalue weighted by Crippen LogP contribution is -2.36. The van der Waals surface area contributed by atoms with Gasteiger partial charge in [-0.05, 0) is 42.5 Å². The van der Waals surface area contributed by atoms with E-state index in [2.05, 4.69) is 5.32 Å². The predicted octanol–water partition coefficient (Wildman–Crippen LogP) is 3.67. The zero-order valence-corrected chi connectivity index (χ0v) is 14.2. The van der Waals surface area contributed by atoms with Crippen LogP contribution in [0.3, 0.4) is 0 Å². The van der Waals surface area contributed by atoms with Crippen molar-refractivity contribution < 1.29 is 22.7 Å². The Balaban J connectivity index is 1.92. The van der Waals surface area contributed by atoms with E-state index < -0.39 is 17.6 Å². The van der Waals surface area contributed by atoms with Crippen LogP contribution in [-0.4, -0.2) is 32.2 Å².